The molecule has 0 aromatic carbocycles. The Morgan fingerprint density at radius 3 is 0.852 bits per heavy atom. The molecule has 0 aliphatic carbocycles. The fourth-order valence-corrected chi connectivity index (χ4v) is 7.27. The molecule has 0 spiro atoms. The molecule has 0 saturated heterocycles. The zero-order valence-electron chi connectivity index (χ0n) is 30.2. The van der Waals surface area contributed by atoms with Gasteiger partial charge in [0, 0.05) is 48.5 Å². The zero-order chi connectivity index (χ0) is 37.3. The first kappa shape index (κ1) is 34.6. The summed E-state index contributed by atoms with van der Waals surface area (Å²) in [6, 6.07) is 33.3. The van der Waals surface area contributed by atoms with Crippen molar-refractivity contribution in [3.8, 4) is 45.0 Å². The molecule has 2 aliphatic heterocycles. The molecule has 0 amide bonds. The third-order valence-corrected chi connectivity index (χ3v) is 9.85. The molecule has 54 heavy (non-hydrogen) atoms. The summed E-state index contributed by atoms with van der Waals surface area (Å²) in [6.07, 6.45) is 16.6. The molecule has 10 heteroatoms. The summed E-state index contributed by atoms with van der Waals surface area (Å²) in [6.45, 7) is 0. The van der Waals surface area contributed by atoms with Crippen molar-refractivity contribution in [1.29, 1.82) is 0 Å². The van der Waals surface area contributed by atoms with Gasteiger partial charge < -0.3 is 9.97 Å². The molecule has 263 valence electrons. The summed E-state index contributed by atoms with van der Waals surface area (Å²) in [5, 5.41) is 0. The molecular formula is C44H36MnN8O+2. The van der Waals surface area contributed by atoms with Crippen LogP contribution in [-0.4, -0.2) is 9.97 Å². The summed E-state index contributed by atoms with van der Waals surface area (Å²) in [4.78, 5) is 21.5. The van der Waals surface area contributed by atoms with Crippen molar-refractivity contribution in [1.82, 2.24) is 19.9 Å². The Balaban J connectivity index is 0.00000203. The van der Waals surface area contributed by atoms with Gasteiger partial charge in [0.1, 0.15) is 28.2 Å². The SMILES string of the molecule is C[n+]1ccccc1-c1c2nc(c(-c3cccc[n+]3C)c3ccc([n-]3)c(-c3cccc[n+]3C)c3nc(c(-c4cccc[n+]4C)c4ccc1[n-]4)C=C3)C=C2.[O]=[Mn]. The van der Waals surface area contributed by atoms with Crippen molar-refractivity contribution in [3.05, 3.63) is 145 Å². The monoisotopic (exact) mass is 747 g/mol. The van der Waals surface area contributed by atoms with Crippen molar-refractivity contribution in [2.24, 2.45) is 28.2 Å². The van der Waals surface area contributed by atoms with Crippen molar-refractivity contribution in [2.45, 2.75) is 0 Å². The Morgan fingerprint density at radius 1 is 0.389 bits per heavy atom. The predicted molar refractivity (Wildman–Crippen MR) is 204 cm³/mol. The molecule has 7 aromatic heterocycles. The Hall–Kier alpha value is -6.48. The maximum atomic E-state index is 8.06. The van der Waals surface area contributed by atoms with E-state index in [1.165, 1.54) is 0 Å². The average Bonchev–Trinajstić information content (AvgIpc) is 4.03. The Kier molecular flexibility index (Phi) is 9.29. The number of rotatable bonds is 4. The van der Waals surface area contributed by atoms with Crippen LogP contribution in [-0.2, 0) is 48.0 Å². The van der Waals surface area contributed by atoms with Crippen LogP contribution in [0.1, 0.15) is 22.8 Å². The molecule has 7 aromatic rings. The first-order valence-electron chi connectivity index (χ1n) is 17.5. The molecule has 0 unspecified atom stereocenters. The fourth-order valence-electron chi connectivity index (χ4n) is 7.27. The summed E-state index contributed by atoms with van der Waals surface area (Å²) in [5.41, 5.74) is 14.5. The van der Waals surface area contributed by atoms with E-state index in [1.54, 1.807) is 15.9 Å². The van der Waals surface area contributed by atoms with E-state index in [0.29, 0.717) is 0 Å². The molecule has 0 radical (unpaired) electrons. The second kappa shape index (κ2) is 14.5. The average molecular weight is 748 g/mol. The van der Waals surface area contributed by atoms with Crippen LogP contribution in [0.4, 0.5) is 0 Å². The summed E-state index contributed by atoms with van der Waals surface area (Å²) < 4.78 is 16.6. The van der Waals surface area contributed by atoms with Crippen LogP contribution in [0, 0.1) is 0 Å². The molecule has 0 saturated carbocycles. The van der Waals surface area contributed by atoms with Gasteiger partial charge in [0.05, 0.1) is 45.0 Å². The number of aryl methyl sites for hydroxylation is 4. The van der Waals surface area contributed by atoms with Gasteiger partial charge in [0.25, 0.3) is 0 Å². The number of fused-ring (bicyclic) bond motifs is 8. The van der Waals surface area contributed by atoms with E-state index < -0.39 is 0 Å². The topological polar surface area (TPSA) is 86.6 Å². The Morgan fingerprint density at radius 2 is 0.630 bits per heavy atom. The van der Waals surface area contributed by atoms with Crippen LogP contribution in [0.25, 0.3) is 91.4 Å². The normalized spacial score (nSPS) is 11.7. The summed E-state index contributed by atoms with van der Waals surface area (Å²) in [5.74, 6) is 0. The van der Waals surface area contributed by atoms with E-state index in [1.807, 2.05) is 24.3 Å². The number of hydrogen-bond donors (Lipinski definition) is 0. The van der Waals surface area contributed by atoms with Crippen LogP contribution in [0.15, 0.2) is 122 Å². The first-order chi connectivity index (χ1) is 26.4. The van der Waals surface area contributed by atoms with E-state index in [-0.39, 0.29) is 0 Å². The van der Waals surface area contributed by atoms with Crippen LogP contribution < -0.4 is 28.2 Å². The second-order valence-electron chi connectivity index (χ2n) is 13.1. The van der Waals surface area contributed by atoms with Gasteiger partial charge in [-0.25, -0.2) is 28.2 Å². The maximum absolute atomic E-state index is 8.06. The minimum absolute atomic E-state index is 0.834. The molecule has 9 heterocycles. The first-order valence-corrected chi connectivity index (χ1v) is 17.9. The standard InChI is InChI=1S/C44H36N8.Mn.O/c1-49-25-9-5-13-37(49)41-29-17-19-31(45-29)42(38-14-6-10-26-50(38)2)33-21-23-35(47-33)44(40-16-8-12-28-52(40)4)36-24-22-34(48-36)43(32-20-18-30(41)46-32)39-15-7-11-27-51(39)3;;/h5-28H,1-4H3;;/q+2;;. The van der Waals surface area contributed by atoms with Gasteiger partial charge in [0.15, 0.2) is 24.8 Å². The minimum atomic E-state index is 0.834. The van der Waals surface area contributed by atoms with Crippen molar-refractivity contribution in [2.75, 3.05) is 0 Å². The molecule has 2 aliphatic rings. The van der Waals surface area contributed by atoms with E-state index >= 15 is 0 Å². The van der Waals surface area contributed by atoms with Gasteiger partial charge in [0.2, 0.25) is 22.8 Å². The van der Waals surface area contributed by atoms with Crippen LogP contribution >= 0.6 is 0 Å². The molecule has 0 N–H and O–H groups in total. The van der Waals surface area contributed by atoms with E-state index in [0.717, 1.165) is 89.9 Å². The van der Waals surface area contributed by atoms with Crippen LogP contribution in [0.5, 0.6) is 0 Å². The predicted octanol–water partition coefficient (Wildman–Crippen LogP) is 5.76. The number of hydrogen-bond acceptors (Lipinski definition) is 3. The Bertz CT molecular complexity index is 2460. The zero-order valence-corrected chi connectivity index (χ0v) is 31.4. The van der Waals surface area contributed by atoms with Crippen LogP contribution in [0.2, 0.25) is 0 Å². The molecule has 9 rings (SSSR count). The quantitative estimate of drug-likeness (QED) is 0.169. The van der Waals surface area contributed by atoms with E-state index in [4.69, 9.17) is 23.8 Å². The summed E-state index contributed by atoms with van der Waals surface area (Å²) in [7, 11) is 8.24. The second-order valence-corrected chi connectivity index (χ2v) is 13.1. The third kappa shape index (κ3) is 6.11. The van der Waals surface area contributed by atoms with E-state index in [9.17, 15) is 0 Å². The van der Waals surface area contributed by atoms with Gasteiger partial charge in [-0.3, -0.25) is 0 Å². The molecular weight excluding hydrogens is 711 g/mol. The van der Waals surface area contributed by atoms with Gasteiger partial charge in [-0.05, 0) is 48.6 Å². The molecule has 8 bridgehead atoms. The van der Waals surface area contributed by atoms with E-state index in [2.05, 4.69) is 168 Å². The van der Waals surface area contributed by atoms with Gasteiger partial charge in [-0.1, -0.05) is 24.3 Å². The van der Waals surface area contributed by atoms with Gasteiger partial charge in [-0.15, -0.1) is 22.1 Å². The fraction of sp³-hybridized carbons (Fsp3) is 0.0909. The Labute approximate surface area is 321 Å². The summed E-state index contributed by atoms with van der Waals surface area (Å²) >= 11 is 1.69. The molecule has 9 nitrogen and oxygen atoms in total. The number of nitrogens with zero attached hydrogens (tertiary/aromatic N) is 8. The van der Waals surface area contributed by atoms with Crippen LogP contribution in [0.3, 0.4) is 0 Å². The van der Waals surface area contributed by atoms with Gasteiger partial charge in [-0.2, -0.15) is 0 Å². The third-order valence-electron chi connectivity index (χ3n) is 9.85. The molecule has 0 fully saturated rings. The number of pyridine rings is 4. The number of aromatic nitrogens is 8. The van der Waals surface area contributed by atoms with Gasteiger partial charge >= 0.3 is 19.8 Å². The van der Waals surface area contributed by atoms with Crippen molar-refractivity contribution in [3.63, 3.8) is 0 Å². The van der Waals surface area contributed by atoms with Crippen molar-refractivity contribution < 1.29 is 38.0 Å². The molecule has 0 atom stereocenters. The van der Waals surface area contributed by atoms with Crippen molar-refractivity contribution >= 4 is 46.4 Å².